The molecule has 13 heteroatoms. The van der Waals surface area contributed by atoms with Crippen LogP contribution in [0.1, 0.15) is 22.6 Å². The van der Waals surface area contributed by atoms with E-state index in [-0.39, 0.29) is 42.0 Å². The molecule has 0 bridgehead atoms. The summed E-state index contributed by atoms with van der Waals surface area (Å²) in [5, 5.41) is 22.1. The Bertz CT molecular complexity index is 1430. The molecule has 0 spiro atoms. The maximum atomic E-state index is 13.3. The number of rotatable bonds is 4. The molecule has 0 saturated heterocycles. The quantitative estimate of drug-likeness (QED) is 0.499. The normalized spacial score (nSPS) is 11.3. The summed E-state index contributed by atoms with van der Waals surface area (Å²) in [6, 6.07) is 2.88. The first kappa shape index (κ1) is 25.0. The Morgan fingerprint density at radius 1 is 0.818 bits per heavy atom. The molecule has 2 N–H and O–H groups in total. The Morgan fingerprint density at radius 3 is 1.52 bits per heavy atom. The topological polar surface area (TPSA) is 104 Å². The van der Waals surface area contributed by atoms with Gasteiger partial charge in [-0.3, -0.25) is 27.9 Å². The van der Waals surface area contributed by atoms with Crippen LogP contribution in [-0.2, 0) is 28.2 Å². The van der Waals surface area contributed by atoms with E-state index in [1.807, 2.05) is 0 Å². The van der Waals surface area contributed by atoms with Gasteiger partial charge in [0.25, 0.3) is 11.1 Å². The third-order valence-corrected chi connectivity index (χ3v) is 7.13. The summed E-state index contributed by atoms with van der Waals surface area (Å²) in [7, 11) is 7.19. The van der Waals surface area contributed by atoms with Crippen LogP contribution < -0.4 is 15.9 Å². The summed E-state index contributed by atoms with van der Waals surface area (Å²) >= 11 is 23.1. The van der Waals surface area contributed by atoms with Crippen LogP contribution in [0, 0.1) is 9.54 Å². The second-order valence-electron chi connectivity index (χ2n) is 7.34. The molecular formula is C20H20Cl2N4O5S2. The van der Waals surface area contributed by atoms with Crippen LogP contribution in [0.25, 0.3) is 0 Å². The van der Waals surface area contributed by atoms with Crippen molar-refractivity contribution in [3.63, 3.8) is 0 Å². The van der Waals surface area contributed by atoms with Gasteiger partial charge in [0.2, 0.25) is 11.8 Å². The van der Waals surface area contributed by atoms with Gasteiger partial charge in [-0.2, -0.15) is 0 Å². The SMILES string of the molecule is COc1c(Cl)cc(C(c2c(O)n(C)c(=S)n(C)c2=O)c2c(O)n(C)c(=S)n(C)c2=O)cc1Cl. The Morgan fingerprint density at radius 2 is 1.18 bits per heavy atom. The average Bonchev–Trinajstić information content (AvgIpc) is 2.77. The first-order chi connectivity index (χ1) is 15.3. The van der Waals surface area contributed by atoms with Crippen LogP contribution in [0.5, 0.6) is 17.5 Å². The van der Waals surface area contributed by atoms with E-state index in [0.717, 1.165) is 9.13 Å². The molecular weight excluding hydrogens is 511 g/mol. The first-order valence-corrected chi connectivity index (χ1v) is 10.9. The molecule has 33 heavy (non-hydrogen) atoms. The number of nitrogens with zero attached hydrogens (tertiary/aromatic N) is 4. The molecule has 1 aromatic carbocycles. The van der Waals surface area contributed by atoms with E-state index in [0.29, 0.717) is 0 Å². The predicted octanol–water partition coefficient (Wildman–Crippen LogP) is 3.13. The zero-order valence-corrected chi connectivity index (χ0v) is 21.4. The lowest BCUT2D eigenvalue weighted by Gasteiger charge is -2.23. The number of benzene rings is 1. The van der Waals surface area contributed by atoms with Crippen LogP contribution in [0.2, 0.25) is 10.0 Å². The lowest BCUT2D eigenvalue weighted by molar-refractivity contribution is 0.395. The second-order valence-corrected chi connectivity index (χ2v) is 8.88. The van der Waals surface area contributed by atoms with Crippen molar-refractivity contribution in [3.05, 3.63) is 69.1 Å². The maximum Gasteiger partial charge on any atom is 0.262 e. The molecule has 176 valence electrons. The zero-order valence-electron chi connectivity index (χ0n) is 18.2. The monoisotopic (exact) mass is 530 g/mol. The van der Waals surface area contributed by atoms with Gasteiger partial charge in [-0.15, -0.1) is 0 Å². The Labute approximate surface area is 208 Å². The molecule has 0 fully saturated rings. The van der Waals surface area contributed by atoms with Crippen molar-refractivity contribution in [1.29, 1.82) is 0 Å². The van der Waals surface area contributed by atoms with E-state index in [9.17, 15) is 19.8 Å². The lowest BCUT2D eigenvalue weighted by Crippen LogP contribution is -2.33. The molecule has 2 aromatic heterocycles. The fourth-order valence-electron chi connectivity index (χ4n) is 3.64. The van der Waals surface area contributed by atoms with Gasteiger partial charge >= 0.3 is 0 Å². The molecule has 0 aliphatic carbocycles. The summed E-state index contributed by atoms with van der Waals surface area (Å²) in [5.41, 5.74) is -1.52. The van der Waals surface area contributed by atoms with E-state index >= 15 is 0 Å². The molecule has 0 amide bonds. The fraction of sp³-hybridized carbons (Fsp3) is 0.300. The Hall–Kier alpha value is -2.60. The van der Waals surface area contributed by atoms with Gasteiger partial charge in [-0.1, -0.05) is 23.2 Å². The number of hydrogen-bond acceptors (Lipinski definition) is 7. The van der Waals surface area contributed by atoms with Gasteiger partial charge < -0.3 is 14.9 Å². The van der Waals surface area contributed by atoms with Crippen LogP contribution in [0.3, 0.4) is 0 Å². The highest BCUT2D eigenvalue weighted by atomic mass is 35.5. The highest BCUT2D eigenvalue weighted by molar-refractivity contribution is 7.71. The number of halogens is 2. The molecule has 3 rings (SSSR count). The fourth-order valence-corrected chi connectivity index (χ4v) is 4.64. The number of methoxy groups -OCH3 is 1. The Balaban J connectivity index is 2.61. The second kappa shape index (κ2) is 8.98. The van der Waals surface area contributed by atoms with Crippen molar-refractivity contribution < 1.29 is 14.9 Å². The molecule has 9 nitrogen and oxygen atoms in total. The van der Waals surface area contributed by atoms with E-state index in [1.54, 1.807) is 0 Å². The molecule has 0 unspecified atom stereocenters. The van der Waals surface area contributed by atoms with Crippen molar-refractivity contribution in [2.45, 2.75) is 5.92 Å². The summed E-state index contributed by atoms with van der Waals surface area (Å²) in [6.45, 7) is 0. The van der Waals surface area contributed by atoms with E-state index in [2.05, 4.69) is 0 Å². The number of ether oxygens (including phenoxy) is 1. The molecule has 0 atom stereocenters. The standard InChI is InChI=1S/C20H20Cl2N4O5S2/c1-23-15(27)12(16(28)24(2)19(23)32)11(8-6-9(21)14(31-5)10(22)7-8)13-17(29)25(3)20(33)26(4)18(13)30/h6-7,11,27,29H,1-5H3. The molecule has 0 aliphatic rings. The Kier molecular flexibility index (Phi) is 6.81. The summed E-state index contributed by atoms with van der Waals surface area (Å²) < 4.78 is 10.0. The predicted molar refractivity (Wildman–Crippen MR) is 130 cm³/mol. The van der Waals surface area contributed by atoms with Gasteiger partial charge in [-0.25, -0.2) is 0 Å². The lowest BCUT2D eigenvalue weighted by atomic mass is 9.86. The molecule has 2 heterocycles. The van der Waals surface area contributed by atoms with Gasteiger partial charge in [0.15, 0.2) is 15.3 Å². The first-order valence-electron chi connectivity index (χ1n) is 9.35. The van der Waals surface area contributed by atoms with Crippen molar-refractivity contribution in [1.82, 2.24) is 18.3 Å². The van der Waals surface area contributed by atoms with Gasteiger partial charge in [0, 0.05) is 28.2 Å². The number of aromatic nitrogens is 4. The number of aromatic hydroxyl groups is 2. The van der Waals surface area contributed by atoms with Crippen molar-refractivity contribution >= 4 is 47.6 Å². The molecule has 0 aliphatic heterocycles. The van der Waals surface area contributed by atoms with Crippen LogP contribution in [0.4, 0.5) is 0 Å². The van der Waals surface area contributed by atoms with Crippen LogP contribution >= 0.6 is 47.6 Å². The van der Waals surface area contributed by atoms with Crippen LogP contribution in [0.15, 0.2) is 21.7 Å². The molecule has 0 radical (unpaired) electrons. The molecule has 3 aromatic rings. The number of hydrogen-bond donors (Lipinski definition) is 2. The zero-order chi connectivity index (χ0) is 24.9. The summed E-state index contributed by atoms with van der Waals surface area (Å²) in [4.78, 5) is 26.6. The van der Waals surface area contributed by atoms with Gasteiger partial charge in [0.05, 0.1) is 34.2 Å². The third-order valence-electron chi connectivity index (χ3n) is 5.47. The van der Waals surface area contributed by atoms with Gasteiger partial charge in [-0.05, 0) is 42.1 Å². The highest BCUT2D eigenvalue weighted by Crippen LogP contribution is 2.42. The van der Waals surface area contributed by atoms with Crippen LogP contribution in [-0.4, -0.2) is 35.6 Å². The summed E-state index contributed by atoms with van der Waals surface area (Å²) in [6.07, 6.45) is 0. The minimum atomic E-state index is -1.29. The summed E-state index contributed by atoms with van der Waals surface area (Å²) in [5.74, 6) is -2.06. The minimum absolute atomic E-state index is 0.0504. The van der Waals surface area contributed by atoms with Gasteiger partial charge in [0.1, 0.15) is 0 Å². The van der Waals surface area contributed by atoms with E-state index in [4.69, 9.17) is 52.4 Å². The highest BCUT2D eigenvalue weighted by Gasteiger charge is 2.33. The average molecular weight is 531 g/mol. The van der Waals surface area contributed by atoms with E-state index < -0.39 is 28.8 Å². The molecule has 0 saturated carbocycles. The van der Waals surface area contributed by atoms with Crippen molar-refractivity contribution in [3.8, 4) is 17.5 Å². The largest absolute Gasteiger partial charge is 0.494 e. The van der Waals surface area contributed by atoms with Crippen molar-refractivity contribution in [2.24, 2.45) is 28.2 Å². The third kappa shape index (κ3) is 3.88. The maximum absolute atomic E-state index is 13.3. The van der Waals surface area contributed by atoms with E-state index in [1.165, 1.54) is 56.6 Å². The smallest absolute Gasteiger partial charge is 0.262 e. The van der Waals surface area contributed by atoms with Crippen molar-refractivity contribution in [2.75, 3.05) is 7.11 Å². The minimum Gasteiger partial charge on any atom is -0.494 e.